The number of benzene rings is 2. The molecule has 7 nitrogen and oxygen atoms in total. The molecular weight excluding hydrogens is 595 g/mol. The van der Waals surface area contributed by atoms with Gasteiger partial charge in [-0.3, -0.25) is 9.78 Å². The summed E-state index contributed by atoms with van der Waals surface area (Å²) in [5, 5.41) is 11.5. The third-order valence-corrected chi connectivity index (χ3v) is 9.53. The Balaban J connectivity index is 1.63. The molecule has 5 aromatic rings. The van der Waals surface area contributed by atoms with Crippen LogP contribution in [0.15, 0.2) is 90.1 Å². The second-order valence-corrected chi connectivity index (χ2v) is 14.9. The number of aliphatic carboxylic acids is 1. The zero-order chi connectivity index (χ0) is 33.1. The molecule has 5 rings (SSSR count). The number of thioether (sulfide) groups is 1. The van der Waals surface area contributed by atoms with Crippen molar-refractivity contribution < 1.29 is 19.4 Å². The molecule has 0 fully saturated rings. The molecule has 2 aromatic carbocycles. The first-order chi connectivity index (χ1) is 21.9. The number of ether oxygens (including phenoxy) is 2. The Morgan fingerprint density at radius 1 is 0.957 bits per heavy atom. The van der Waals surface area contributed by atoms with E-state index >= 15 is 0 Å². The molecule has 1 atom stereocenters. The topological polar surface area (TPSA) is 86.5 Å². The minimum absolute atomic E-state index is 0.113. The number of methoxy groups -OCH3 is 1. The van der Waals surface area contributed by atoms with Crippen molar-refractivity contribution in [1.82, 2.24) is 14.5 Å². The summed E-state index contributed by atoms with van der Waals surface area (Å²) in [6.45, 7) is 13.3. The van der Waals surface area contributed by atoms with Crippen molar-refractivity contribution in [3.63, 3.8) is 0 Å². The first-order valence-corrected chi connectivity index (χ1v) is 16.4. The van der Waals surface area contributed by atoms with Crippen molar-refractivity contribution in [3.8, 4) is 22.8 Å². The number of carbonyl (C=O) groups is 1. The molecule has 0 amide bonds. The fourth-order valence-electron chi connectivity index (χ4n) is 5.83. The molecule has 0 radical (unpaired) electrons. The Hall–Kier alpha value is -4.30. The lowest BCUT2D eigenvalue weighted by Gasteiger charge is -2.32. The zero-order valence-corrected chi connectivity index (χ0v) is 28.5. The van der Waals surface area contributed by atoms with Crippen LogP contribution < -0.4 is 9.47 Å². The number of pyridine rings is 2. The van der Waals surface area contributed by atoms with Crippen LogP contribution in [0.2, 0.25) is 0 Å². The maximum atomic E-state index is 12.7. The third kappa shape index (κ3) is 7.23. The number of hydrogen-bond donors (Lipinski definition) is 1. The minimum atomic E-state index is -0.988. The van der Waals surface area contributed by atoms with Crippen LogP contribution in [0.5, 0.6) is 11.6 Å². The molecule has 1 unspecified atom stereocenters. The van der Waals surface area contributed by atoms with Gasteiger partial charge in [-0.15, -0.1) is 11.8 Å². The standard InChI is InChI=1S/C38H43N3O4S/c1-8-31(38(5,6)36(42)43)34-35(46-37(2,3)4)30-21-29(45-24-28-11-9-10-20-39-28)17-18-32(30)41(34)23-25-12-14-26(15-13-25)27-16-19-33(44-7)40-22-27/h9-22,31H,8,23-24H2,1-7H3,(H,42,43). The van der Waals surface area contributed by atoms with Crippen LogP contribution in [0.25, 0.3) is 22.0 Å². The van der Waals surface area contributed by atoms with E-state index in [4.69, 9.17) is 9.47 Å². The normalized spacial score (nSPS) is 12.7. The number of rotatable bonds is 12. The van der Waals surface area contributed by atoms with Gasteiger partial charge in [-0.2, -0.15) is 0 Å². The highest BCUT2D eigenvalue weighted by Gasteiger charge is 2.41. The molecule has 240 valence electrons. The second-order valence-electron chi connectivity index (χ2n) is 13.1. The van der Waals surface area contributed by atoms with Gasteiger partial charge in [0.25, 0.3) is 0 Å². The number of aromatic nitrogens is 3. The van der Waals surface area contributed by atoms with E-state index in [-0.39, 0.29) is 10.7 Å². The molecule has 0 bridgehead atoms. The van der Waals surface area contributed by atoms with Gasteiger partial charge in [0.1, 0.15) is 12.4 Å². The van der Waals surface area contributed by atoms with Crippen LogP contribution in [0.4, 0.5) is 0 Å². The van der Waals surface area contributed by atoms with Gasteiger partial charge in [0.05, 0.1) is 18.2 Å². The van der Waals surface area contributed by atoms with E-state index in [0.29, 0.717) is 25.5 Å². The first-order valence-electron chi connectivity index (χ1n) is 15.6. The van der Waals surface area contributed by atoms with Crippen molar-refractivity contribution in [2.45, 2.75) is 76.7 Å². The van der Waals surface area contributed by atoms with Crippen LogP contribution in [-0.2, 0) is 17.9 Å². The molecule has 46 heavy (non-hydrogen) atoms. The van der Waals surface area contributed by atoms with Crippen molar-refractivity contribution in [1.29, 1.82) is 0 Å². The van der Waals surface area contributed by atoms with Crippen LogP contribution in [0.3, 0.4) is 0 Å². The fraction of sp³-hybridized carbons (Fsp3) is 0.342. The average Bonchev–Trinajstić information content (AvgIpc) is 3.31. The quantitative estimate of drug-likeness (QED) is 0.137. The summed E-state index contributed by atoms with van der Waals surface area (Å²) in [4.78, 5) is 22.6. The van der Waals surface area contributed by atoms with Crippen LogP contribution in [0, 0.1) is 5.41 Å². The second kappa shape index (κ2) is 13.6. The molecule has 8 heteroatoms. The van der Waals surface area contributed by atoms with Crippen molar-refractivity contribution in [2.75, 3.05) is 7.11 Å². The zero-order valence-electron chi connectivity index (χ0n) is 27.7. The molecule has 0 aliphatic heterocycles. The van der Waals surface area contributed by atoms with Gasteiger partial charge >= 0.3 is 5.97 Å². The lowest BCUT2D eigenvalue weighted by Crippen LogP contribution is -2.33. The minimum Gasteiger partial charge on any atom is -0.487 e. The van der Waals surface area contributed by atoms with E-state index < -0.39 is 11.4 Å². The van der Waals surface area contributed by atoms with Gasteiger partial charge in [-0.1, -0.05) is 58.0 Å². The van der Waals surface area contributed by atoms with Gasteiger partial charge in [0.2, 0.25) is 5.88 Å². The maximum Gasteiger partial charge on any atom is 0.309 e. The van der Waals surface area contributed by atoms with Gasteiger partial charge in [-0.25, -0.2) is 4.98 Å². The van der Waals surface area contributed by atoms with Crippen LogP contribution in [0.1, 0.15) is 70.8 Å². The summed E-state index contributed by atoms with van der Waals surface area (Å²) in [7, 11) is 1.61. The molecule has 0 saturated carbocycles. The van der Waals surface area contributed by atoms with Crippen molar-refractivity contribution in [3.05, 3.63) is 102 Å². The van der Waals surface area contributed by atoms with Crippen LogP contribution >= 0.6 is 11.8 Å². The first kappa shape index (κ1) is 33.1. The van der Waals surface area contributed by atoms with E-state index in [0.717, 1.165) is 49.6 Å². The van der Waals surface area contributed by atoms with Gasteiger partial charge < -0.3 is 19.1 Å². The summed E-state index contributed by atoms with van der Waals surface area (Å²) in [6.07, 6.45) is 4.26. The van der Waals surface area contributed by atoms with E-state index in [1.165, 1.54) is 0 Å². The maximum absolute atomic E-state index is 12.7. The predicted octanol–water partition coefficient (Wildman–Crippen LogP) is 9.23. The van der Waals surface area contributed by atoms with Gasteiger partial charge in [0, 0.05) is 62.7 Å². The highest BCUT2D eigenvalue weighted by atomic mass is 32.2. The average molecular weight is 638 g/mol. The lowest BCUT2D eigenvalue weighted by molar-refractivity contribution is -0.148. The van der Waals surface area contributed by atoms with Gasteiger partial charge in [0.15, 0.2) is 0 Å². The smallest absolute Gasteiger partial charge is 0.309 e. The molecular formula is C38H43N3O4S. The molecule has 0 spiro atoms. The molecule has 0 aliphatic rings. The van der Waals surface area contributed by atoms with E-state index in [1.807, 2.05) is 56.4 Å². The Morgan fingerprint density at radius 2 is 1.70 bits per heavy atom. The Labute approximate surface area is 276 Å². The summed E-state index contributed by atoms with van der Waals surface area (Å²) in [6, 6.07) is 24.4. The summed E-state index contributed by atoms with van der Waals surface area (Å²) in [5.74, 6) is 0.293. The number of hydrogen-bond acceptors (Lipinski definition) is 6. The monoisotopic (exact) mass is 637 g/mol. The Morgan fingerprint density at radius 3 is 2.28 bits per heavy atom. The molecule has 0 saturated heterocycles. The summed E-state index contributed by atoms with van der Waals surface area (Å²) >= 11 is 1.79. The van der Waals surface area contributed by atoms with Gasteiger partial charge in [-0.05, 0) is 67.8 Å². The van der Waals surface area contributed by atoms with Crippen molar-refractivity contribution in [2.24, 2.45) is 5.41 Å². The Bertz CT molecular complexity index is 1790. The fourth-order valence-corrected chi connectivity index (χ4v) is 7.08. The highest BCUT2D eigenvalue weighted by Crippen LogP contribution is 2.49. The Kier molecular flexibility index (Phi) is 9.77. The molecule has 3 heterocycles. The molecule has 1 N–H and O–H groups in total. The van der Waals surface area contributed by atoms with E-state index in [1.54, 1.807) is 25.1 Å². The summed E-state index contributed by atoms with van der Waals surface area (Å²) in [5.41, 5.74) is 5.16. The van der Waals surface area contributed by atoms with Crippen molar-refractivity contribution >= 4 is 28.6 Å². The van der Waals surface area contributed by atoms with E-state index in [9.17, 15) is 9.90 Å². The largest absolute Gasteiger partial charge is 0.487 e. The van der Waals surface area contributed by atoms with Crippen LogP contribution in [-0.4, -0.2) is 37.5 Å². The number of fused-ring (bicyclic) bond motifs is 1. The number of nitrogens with zero attached hydrogens (tertiary/aromatic N) is 3. The van der Waals surface area contributed by atoms with E-state index in [2.05, 4.69) is 78.6 Å². The number of carboxylic acids is 1. The molecule has 0 aliphatic carbocycles. The summed E-state index contributed by atoms with van der Waals surface area (Å²) < 4.78 is 13.7. The third-order valence-electron chi connectivity index (χ3n) is 8.28. The predicted molar refractivity (Wildman–Crippen MR) is 186 cm³/mol. The SMILES string of the molecule is CCC(c1c(SC(C)(C)C)c2cc(OCc3ccccn3)ccc2n1Cc1ccc(-c2ccc(OC)nc2)cc1)C(C)(C)C(=O)O. The lowest BCUT2D eigenvalue weighted by atomic mass is 9.75. The highest BCUT2D eigenvalue weighted by molar-refractivity contribution is 8.00. The number of carboxylic acid groups (broad SMARTS) is 1. The molecule has 3 aromatic heterocycles.